The highest BCUT2D eigenvalue weighted by atomic mass is 35.5. The van der Waals surface area contributed by atoms with Crippen molar-refractivity contribution < 1.29 is 19.1 Å². The van der Waals surface area contributed by atoms with E-state index in [2.05, 4.69) is 0 Å². The quantitative estimate of drug-likeness (QED) is 0.807. The average molecular weight is 383 g/mol. The number of ether oxygens (including phenoxy) is 2. The lowest BCUT2D eigenvalue weighted by Gasteiger charge is -2.28. The van der Waals surface area contributed by atoms with Crippen LogP contribution in [0.5, 0.6) is 0 Å². The number of hydrogen-bond donors (Lipinski definition) is 1. The van der Waals surface area contributed by atoms with Crippen molar-refractivity contribution in [3.63, 3.8) is 0 Å². The maximum atomic E-state index is 12.9. The van der Waals surface area contributed by atoms with Gasteiger partial charge in [0.2, 0.25) is 0 Å². The summed E-state index contributed by atoms with van der Waals surface area (Å²) in [5, 5.41) is 0.564. The van der Waals surface area contributed by atoms with Crippen LogP contribution < -0.4 is 5.73 Å². The van der Waals surface area contributed by atoms with E-state index in [9.17, 15) is 9.59 Å². The van der Waals surface area contributed by atoms with Crippen molar-refractivity contribution >= 4 is 29.2 Å². The van der Waals surface area contributed by atoms with E-state index in [1.807, 2.05) is 6.92 Å². The van der Waals surface area contributed by atoms with Gasteiger partial charge in [0.25, 0.3) is 0 Å². The molecule has 1 saturated heterocycles. The molecule has 0 saturated carbocycles. The minimum Gasteiger partial charge on any atom is -0.444 e. The number of amides is 1. The summed E-state index contributed by atoms with van der Waals surface area (Å²) in [5.74, 6) is -0.0937. The van der Waals surface area contributed by atoms with Gasteiger partial charge in [0.1, 0.15) is 5.60 Å². The first-order valence-corrected chi connectivity index (χ1v) is 9.00. The summed E-state index contributed by atoms with van der Waals surface area (Å²) in [7, 11) is 1.57. The van der Waals surface area contributed by atoms with Crippen molar-refractivity contribution in [2.24, 2.45) is 0 Å². The molecule has 2 atom stereocenters. The number of hydrogen-bond acceptors (Lipinski definition) is 5. The first kappa shape index (κ1) is 20.5. The lowest BCUT2D eigenvalue weighted by atomic mass is 9.98. The largest absolute Gasteiger partial charge is 0.444 e. The zero-order chi connectivity index (χ0) is 19.6. The molecule has 1 heterocycles. The molecule has 0 spiro atoms. The minimum atomic E-state index is -0.631. The fourth-order valence-corrected chi connectivity index (χ4v) is 3.18. The van der Waals surface area contributed by atoms with E-state index in [4.69, 9.17) is 26.8 Å². The van der Waals surface area contributed by atoms with Gasteiger partial charge in [-0.25, -0.2) is 4.79 Å². The van der Waals surface area contributed by atoms with Crippen LogP contribution in [0.25, 0.3) is 0 Å². The number of anilines is 1. The van der Waals surface area contributed by atoms with Crippen molar-refractivity contribution in [1.29, 1.82) is 0 Å². The minimum absolute atomic E-state index is 0.0937. The van der Waals surface area contributed by atoms with Gasteiger partial charge in [-0.05, 0) is 44.9 Å². The molecular formula is C19H27ClN2O4. The van der Waals surface area contributed by atoms with E-state index in [1.54, 1.807) is 40.0 Å². The average Bonchev–Trinajstić information content (AvgIpc) is 2.98. The van der Waals surface area contributed by atoms with E-state index in [-0.39, 0.29) is 18.3 Å². The van der Waals surface area contributed by atoms with E-state index in [0.29, 0.717) is 29.2 Å². The topological polar surface area (TPSA) is 81.9 Å². The number of carbonyl (C=O) groups is 2. The molecule has 7 heteroatoms. The molecule has 2 rings (SSSR count). The smallest absolute Gasteiger partial charge is 0.410 e. The number of carbonyl (C=O) groups excluding carboxylic acids is 2. The van der Waals surface area contributed by atoms with Crippen LogP contribution in [0.2, 0.25) is 5.02 Å². The van der Waals surface area contributed by atoms with Crippen LogP contribution in [0.4, 0.5) is 10.5 Å². The van der Waals surface area contributed by atoms with Crippen LogP contribution in [0.1, 0.15) is 38.3 Å². The van der Waals surface area contributed by atoms with Crippen LogP contribution in [-0.2, 0) is 20.7 Å². The van der Waals surface area contributed by atoms with Gasteiger partial charge in [0, 0.05) is 30.7 Å². The Morgan fingerprint density at radius 2 is 2.00 bits per heavy atom. The lowest BCUT2D eigenvalue weighted by Crippen LogP contribution is -2.44. The number of benzene rings is 1. The Morgan fingerprint density at radius 1 is 1.35 bits per heavy atom. The van der Waals surface area contributed by atoms with E-state index in [0.717, 1.165) is 5.56 Å². The number of nitrogens with two attached hydrogens (primary N) is 1. The molecule has 0 radical (unpaired) electrons. The molecule has 144 valence electrons. The highest BCUT2D eigenvalue weighted by molar-refractivity contribution is 6.31. The fourth-order valence-electron chi connectivity index (χ4n) is 3.01. The number of nitrogen functional groups attached to an aromatic ring is 1. The number of methoxy groups -OCH3 is 1. The second-order valence-electron chi connectivity index (χ2n) is 7.63. The number of likely N-dealkylation sites (tertiary alicyclic amines) is 1. The fraction of sp³-hybridized carbons (Fsp3) is 0.579. The summed E-state index contributed by atoms with van der Waals surface area (Å²) >= 11 is 6.06. The van der Waals surface area contributed by atoms with Gasteiger partial charge in [-0.3, -0.25) is 9.69 Å². The Hall–Kier alpha value is -1.79. The molecule has 6 nitrogen and oxygen atoms in total. The third kappa shape index (κ3) is 4.68. The van der Waals surface area contributed by atoms with Gasteiger partial charge in [-0.2, -0.15) is 0 Å². The van der Waals surface area contributed by atoms with Crippen molar-refractivity contribution in [3.8, 4) is 0 Å². The molecule has 1 aliphatic heterocycles. The van der Waals surface area contributed by atoms with E-state index < -0.39 is 17.7 Å². The SMILES string of the molecule is CO[C@H]1C[C@@H](C(=O)Cc2ccc(Cl)c(C)c2N)N(C(=O)OC(C)(C)C)C1. The van der Waals surface area contributed by atoms with E-state index in [1.165, 1.54) is 4.90 Å². The zero-order valence-corrected chi connectivity index (χ0v) is 16.7. The second-order valence-corrected chi connectivity index (χ2v) is 8.04. The third-order valence-corrected chi connectivity index (χ3v) is 4.91. The summed E-state index contributed by atoms with van der Waals surface area (Å²) in [6.45, 7) is 7.53. The molecule has 0 unspecified atom stereocenters. The molecule has 0 bridgehead atoms. The van der Waals surface area contributed by atoms with Crippen LogP contribution in [0.3, 0.4) is 0 Å². The molecule has 1 fully saturated rings. The van der Waals surface area contributed by atoms with Crippen LogP contribution in [0, 0.1) is 6.92 Å². The first-order valence-electron chi connectivity index (χ1n) is 8.62. The standard InChI is InChI=1S/C19H27ClN2O4/c1-11-14(20)7-6-12(17(11)21)8-16(23)15-9-13(25-5)10-22(15)18(24)26-19(2,3)4/h6-7,13,15H,8-10,21H2,1-5H3/t13-,15-/m0/s1. The van der Waals surface area contributed by atoms with Gasteiger partial charge in [-0.15, -0.1) is 0 Å². The Bertz CT molecular complexity index is 700. The maximum absolute atomic E-state index is 12.9. The number of rotatable bonds is 4. The first-order chi connectivity index (χ1) is 12.0. The molecule has 0 aliphatic carbocycles. The molecule has 1 amide bonds. The summed E-state index contributed by atoms with van der Waals surface area (Å²) in [4.78, 5) is 26.9. The van der Waals surface area contributed by atoms with Crippen molar-refractivity contribution in [3.05, 3.63) is 28.3 Å². The summed E-state index contributed by atoms with van der Waals surface area (Å²) in [6.07, 6.45) is -0.123. The summed E-state index contributed by atoms with van der Waals surface area (Å²) in [6, 6.07) is 2.89. The van der Waals surface area contributed by atoms with Crippen LogP contribution >= 0.6 is 11.6 Å². The highest BCUT2D eigenvalue weighted by Gasteiger charge is 2.41. The molecule has 0 aromatic heterocycles. The van der Waals surface area contributed by atoms with E-state index >= 15 is 0 Å². The molecule has 26 heavy (non-hydrogen) atoms. The Kier molecular flexibility index (Phi) is 6.19. The number of Topliss-reactive ketones (excluding diaryl/α,β-unsaturated/α-hetero) is 1. The second kappa shape index (κ2) is 7.84. The Morgan fingerprint density at radius 3 is 2.58 bits per heavy atom. The third-order valence-electron chi connectivity index (χ3n) is 4.50. The van der Waals surface area contributed by atoms with Gasteiger partial charge < -0.3 is 15.2 Å². The van der Waals surface area contributed by atoms with Crippen molar-refractivity contribution in [1.82, 2.24) is 4.90 Å². The monoisotopic (exact) mass is 382 g/mol. The predicted molar refractivity (Wildman–Crippen MR) is 101 cm³/mol. The van der Waals surface area contributed by atoms with Crippen molar-refractivity contribution in [2.45, 2.75) is 58.3 Å². The maximum Gasteiger partial charge on any atom is 0.410 e. The lowest BCUT2D eigenvalue weighted by molar-refractivity contribution is -0.122. The number of halogens is 1. The van der Waals surface area contributed by atoms with Crippen LogP contribution in [0.15, 0.2) is 12.1 Å². The normalized spacial score (nSPS) is 20.3. The summed E-state index contributed by atoms with van der Waals surface area (Å²) in [5.41, 5.74) is 7.44. The molecular weight excluding hydrogens is 356 g/mol. The number of ketones is 1. The van der Waals surface area contributed by atoms with Gasteiger partial charge in [0.15, 0.2) is 5.78 Å². The molecule has 1 aliphatic rings. The Balaban J connectivity index is 2.19. The highest BCUT2D eigenvalue weighted by Crippen LogP contribution is 2.28. The van der Waals surface area contributed by atoms with Crippen LogP contribution in [-0.4, -0.2) is 48.2 Å². The van der Waals surface area contributed by atoms with Gasteiger partial charge in [-0.1, -0.05) is 17.7 Å². The predicted octanol–water partition coefficient (Wildman–Crippen LogP) is 3.37. The summed E-state index contributed by atoms with van der Waals surface area (Å²) < 4.78 is 10.8. The van der Waals surface area contributed by atoms with Crippen molar-refractivity contribution in [2.75, 3.05) is 19.4 Å². The zero-order valence-electron chi connectivity index (χ0n) is 16.0. The molecule has 2 N–H and O–H groups in total. The molecule has 1 aromatic carbocycles. The Labute approximate surface area is 159 Å². The molecule has 1 aromatic rings. The number of nitrogens with zero attached hydrogens (tertiary/aromatic N) is 1. The van der Waals surface area contributed by atoms with Gasteiger partial charge in [0.05, 0.1) is 18.7 Å². The van der Waals surface area contributed by atoms with Gasteiger partial charge >= 0.3 is 6.09 Å².